The highest BCUT2D eigenvalue weighted by Gasteiger charge is 2.28. The monoisotopic (exact) mass is 424 g/mol. The minimum Gasteiger partial charge on any atom is -0.354 e. The van der Waals surface area contributed by atoms with Gasteiger partial charge in [0.25, 0.3) is 0 Å². The molecule has 2 aromatic heterocycles. The molecule has 31 heavy (non-hydrogen) atoms. The van der Waals surface area contributed by atoms with E-state index in [1.807, 2.05) is 6.07 Å². The van der Waals surface area contributed by atoms with E-state index in [-0.39, 0.29) is 11.1 Å². The molecule has 0 spiro atoms. The number of rotatable bonds is 6. The number of hydrogen-bond donors (Lipinski definition) is 1. The zero-order chi connectivity index (χ0) is 22.0. The van der Waals surface area contributed by atoms with Crippen molar-refractivity contribution in [2.75, 3.05) is 31.1 Å². The van der Waals surface area contributed by atoms with E-state index in [1.54, 1.807) is 6.20 Å². The lowest BCUT2D eigenvalue weighted by Gasteiger charge is -2.39. The molecule has 1 unspecified atom stereocenters. The Bertz CT molecular complexity index is 938. The largest absolute Gasteiger partial charge is 0.354 e. The van der Waals surface area contributed by atoms with E-state index >= 15 is 0 Å². The van der Waals surface area contributed by atoms with Crippen molar-refractivity contribution in [3.63, 3.8) is 0 Å². The molecule has 1 aliphatic heterocycles. The van der Waals surface area contributed by atoms with E-state index < -0.39 is 0 Å². The zero-order valence-corrected chi connectivity index (χ0v) is 19.4. The van der Waals surface area contributed by atoms with Crippen LogP contribution in [0.15, 0.2) is 23.1 Å². The predicted molar refractivity (Wildman–Crippen MR) is 124 cm³/mol. The molecule has 2 aliphatic rings. The second-order valence-electron chi connectivity index (χ2n) is 10.2. The van der Waals surface area contributed by atoms with Crippen molar-refractivity contribution in [2.24, 2.45) is 0 Å². The van der Waals surface area contributed by atoms with Gasteiger partial charge >= 0.3 is 5.69 Å². The summed E-state index contributed by atoms with van der Waals surface area (Å²) in [6.45, 7) is 12.9. The Hall–Kier alpha value is -2.28. The molecule has 168 valence electrons. The first-order valence-electron chi connectivity index (χ1n) is 11.7. The Labute approximate surface area is 185 Å². The molecule has 7 nitrogen and oxygen atoms in total. The lowest BCUT2D eigenvalue weighted by atomic mass is 9.82. The molecule has 0 radical (unpaired) electrons. The number of H-pyrrole nitrogens is 1. The lowest BCUT2D eigenvalue weighted by Crippen LogP contribution is -2.50. The molecule has 0 amide bonds. The summed E-state index contributed by atoms with van der Waals surface area (Å²) in [6.07, 6.45) is 7.31. The quantitative estimate of drug-likeness (QED) is 0.767. The molecule has 2 aromatic rings. The van der Waals surface area contributed by atoms with Crippen LogP contribution < -0.4 is 10.6 Å². The summed E-state index contributed by atoms with van der Waals surface area (Å²) in [5.41, 5.74) is 1.89. The second kappa shape index (κ2) is 9.07. The van der Waals surface area contributed by atoms with Gasteiger partial charge in [0.1, 0.15) is 11.6 Å². The van der Waals surface area contributed by atoms with Crippen molar-refractivity contribution in [2.45, 2.75) is 77.2 Å². The lowest BCUT2D eigenvalue weighted by molar-refractivity contribution is 0.188. The van der Waals surface area contributed by atoms with Gasteiger partial charge in [0.05, 0.1) is 0 Å². The molecule has 4 rings (SSSR count). The summed E-state index contributed by atoms with van der Waals surface area (Å²) in [5, 5.41) is 0. The normalized spacial score (nSPS) is 19.3. The van der Waals surface area contributed by atoms with Crippen LogP contribution in [-0.2, 0) is 11.8 Å². The van der Waals surface area contributed by atoms with Crippen LogP contribution in [0, 0.1) is 0 Å². The Morgan fingerprint density at radius 2 is 1.90 bits per heavy atom. The van der Waals surface area contributed by atoms with Crippen molar-refractivity contribution >= 4 is 5.82 Å². The van der Waals surface area contributed by atoms with E-state index in [0.29, 0.717) is 12.0 Å². The summed E-state index contributed by atoms with van der Waals surface area (Å²) in [4.78, 5) is 32.8. The van der Waals surface area contributed by atoms with Gasteiger partial charge in [-0.25, -0.2) is 19.7 Å². The minimum absolute atomic E-state index is 0.0429. The van der Waals surface area contributed by atoms with Gasteiger partial charge in [-0.2, -0.15) is 0 Å². The van der Waals surface area contributed by atoms with Crippen LogP contribution >= 0.6 is 0 Å². The van der Waals surface area contributed by atoms with E-state index in [4.69, 9.17) is 9.97 Å². The number of anilines is 1. The first-order chi connectivity index (χ1) is 14.8. The number of hydrogen-bond acceptors (Lipinski definition) is 6. The zero-order valence-electron chi connectivity index (χ0n) is 19.4. The van der Waals surface area contributed by atoms with Crippen molar-refractivity contribution in [1.29, 1.82) is 0 Å². The second-order valence-corrected chi connectivity index (χ2v) is 10.2. The molecule has 7 heteroatoms. The maximum atomic E-state index is 11.4. The van der Waals surface area contributed by atoms with Gasteiger partial charge in [-0.05, 0) is 38.7 Å². The molecule has 1 atom stereocenters. The number of nitrogens with zero attached hydrogens (tertiary/aromatic N) is 5. The van der Waals surface area contributed by atoms with Crippen LogP contribution in [0.5, 0.6) is 0 Å². The van der Waals surface area contributed by atoms with Crippen LogP contribution in [0.25, 0.3) is 0 Å². The highest BCUT2D eigenvalue weighted by atomic mass is 16.1. The third kappa shape index (κ3) is 5.32. The fraction of sp³-hybridized carbons (Fsp3) is 0.667. The number of aryl methyl sites for hydroxylation is 1. The van der Waals surface area contributed by atoms with E-state index in [9.17, 15) is 4.79 Å². The molecule has 1 saturated heterocycles. The number of aromatic amines is 1. The molecule has 1 N–H and O–H groups in total. The summed E-state index contributed by atoms with van der Waals surface area (Å²) in [7, 11) is 0. The van der Waals surface area contributed by atoms with Crippen LogP contribution in [0.2, 0.25) is 0 Å². The van der Waals surface area contributed by atoms with Crippen LogP contribution in [-0.4, -0.2) is 57.1 Å². The molecule has 1 aliphatic carbocycles. The third-order valence-electron chi connectivity index (χ3n) is 6.75. The molecule has 0 aromatic carbocycles. The maximum absolute atomic E-state index is 11.4. The number of piperazine rings is 1. The summed E-state index contributed by atoms with van der Waals surface area (Å²) < 4.78 is 0. The van der Waals surface area contributed by atoms with E-state index in [2.05, 4.69) is 53.5 Å². The highest BCUT2D eigenvalue weighted by Crippen LogP contribution is 2.37. The Kier molecular flexibility index (Phi) is 6.42. The van der Waals surface area contributed by atoms with Gasteiger partial charge < -0.3 is 9.88 Å². The smallest absolute Gasteiger partial charge is 0.345 e. The summed E-state index contributed by atoms with van der Waals surface area (Å²) >= 11 is 0. The summed E-state index contributed by atoms with van der Waals surface area (Å²) in [5.74, 6) is 2.68. The molecule has 2 fully saturated rings. The maximum Gasteiger partial charge on any atom is 0.345 e. The van der Waals surface area contributed by atoms with Crippen LogP contribution in [0.1, 0.15) is 76.5 Å². The minimum atomic E-state index is -0.264. The van der Waals surface area contributed by atoms with Crippen molar-refractivity contribution in [3.05, 3.63) is 46.0 Å². The standard InChI is InChI=1S/C24H36N6O/c1-17(8-9-19-10-11-25-23(31)26-19)29-12-14-30(15-13-29)21-16-20(18-6-5-7-18)27-22(28-21)24(2,3)4/h10-11,16-18H,5-9,12-15H2,1-4H3,(H,25,26,31). The van der Waals surface area contributed by atoms with Crippen LogP contribution in [0.3, 0.4) is 0 Å². The number of nitrogens with one attached hydrogen (secondary N) is 1. The molecule has 3 heterocycles. The Morgan fingerprint density at radius 3 is 2.52 bits per heavy atom. The molecular formula is C24H36N6O. The van der Waals surface area contributed by atoms with Gasteiger partial charge in [-0.15, -0.1) is 0 Å². The van der Waals surface area contributed by atoms with Crippen molar-refractivity contribution < 1.29 is 0 Å². The SMILES string of the molecule is CC(CCc1ccnc(=O)[nH]1)N1CCN(c2cc(C3CCC3)nc(C(C)(C)C)n2)CC1. The van der Waals surface area contributed by atoms with E-state index in [0.717, 1.165) is 56.4 Å². The average molecular weight is 425 g/mol. The third-order valence-corrected chi connectivity index (χ3v) is 6.75. The molecule has 0 bridgehead atoms. The average Bonchev–Trinajstić information content (AvgIpc) is 2.70. The first kappa shape index (κ1) is 21.9. The fourth-order valence-corrected chi connectivity index (χ4v) is 4.35. The van der Waals surface area contributed by atoms with Crippen molar-refractivity contribution in [3.8, 4) is 0 Å². The summed E-state index contributed by atoms with van der Waals surface area (Å²) in [6, 6.07) is 4.62. The van der Waals surface area contributed by atoms with Crippen LogP contribution in [0.4, 0.5) is 5.82 Å². The van der Waals surface area contributed by atoms with Gasteiger partial charge in [0, 0.05) is 67.2 Å². The first-order valence-corrected chi connectivity index (χ1v) is 11.7. The van der Waals surface area contributed by atoms with Gasteiger partial charge in [-0.1, -0.05) is 27.2 Å². The van der Waals surface area contributed by atoms with Crippen molar-refractivity contribution in [1.82, 2.24) is 24.8 Å². The Balaban J connectivity index is 1.38. The molecule has 1 saturated carbocycles. The Morgan fingerprint density at radius 1 is 1.16 bits per heavy atom. The fourth-order valence-electron chi connectivity index (χ4n) is 4.35. The number of aromatic nitrogens is 4. The topological polar surface area (TPSA) is 78.0 Å². The van der Waals surface area contributed by atoms with E-state index in [1.165, 1.54) is 25.0 Å². The molecular weight excluding hydrogens is 388 g/mol. The predicted octanol–water partition coefficient (Wildman–Crippen LogP) is 3.27. The highest BCUT2D eigenvalue weighted by molar-refractivity contribution is 5.42. The van der Waals surface area contributed by atoms with Gasteiger partial charge in [0.15, 0.2) is 0 Å². The van der Waals surface area contributed by atoms with Gasteiger partial charge in [-0.3, -0.25) is 4.90 Å². The van der Waals surface area contributed by atoms with Gasteiger partial charge in [0.2, 0.25) is 0 Å².